The highest BCUT2D eigenvalue weighted by Gasteiger charge is 2.03. The van der Waals surface area contributed by atoms with E-state index in [-0.39, 0.29) is 12.5 Å². The molecule has 20 heavy (non-hydrogen) atoms. The van der Waals surface area contributed by atoms with E-state index in [0.29, 0.717) is 5.02 Å². The number of halogens is 1. The van der Waals surface area contributed by atoms with Gasteiger partial charge < -0.3 is 10.6 Å². The lowest BCUT2D eigenvalue weighted by molar-refractivity contribution is -0.114. The van der Waals surface area contributed by atoms with Gasteiger partial charge in [0.2, 0.25) is 5.91 Å². The highest BCUT2D eigenvalue weighted by molar-refractivity contribution is 6.30. The molecule has 0 aliphatic rings. The topological polar surface area (TPSA) is 41.1 Å². The molecule has 0 saturated carbocycles. The van der Waals surface area contributed by atoms with Crippen molar-refractivity contribution in [2.75, 3.05) is 17.2 Å². The average molecular weight is 289 g/mol. The lowest BCUT2D eigenvalue weighted by Gasteiger charge is -2.09. The smallest absolute Gasteiger partial charge is 0.243 e. The zero-order chi connectivity index (χ0) is 14.5. The Bertz CT molecular complexity index is 588. The van der Waals surface area contributed by atoms with Crippen LogP contribution in [0.4, 0.5) is 11.4 Å². The third-order valence-electron chi connectivity index (χ3n) is 2.80. The maximum Gasteiger partial charge on any atom is 0.243 e. The van der Waals surface area contributed by atoms with Crippen molar-refractivity contribution in [3.8, 4) is 0 Å². The standard InChI is InChI=1S/C16H17ClN2O/c1-11-7-12(2)9-15(8-11)18-10-16(20)19-14-5-3-13(17)4-6-14/h3-9,18H,10H2,1-2H3,(H,19,20). The Morgan fingerprint density at radius 3 is 2.20 bits per heavy atom. The van der Waals surface area contributed by atoms with Crippen LogP contribution in [-0.4, -0.2) is 12.5 Å². The number of carbonyl (C=O) groups excluding carboxylic acids is 1. The van der Waals surface area contributed by atoms with E-state index in [1.807, 2.05) is 26.0 Å². The molecule has 0 saturated heterocycles. The number of anilines is 2. The number of nitrogens with one attached hydrogen (secondary N) is 2. The first-order valence-corrected chi connectivity index (χ1v) is 6.78. The first-order chi connectivity index (χ1) is 9.52. The minimum Gasteiger partial charge on any atom is -0.376 e. The van der Waals surface area contributed by atoms with Crippen LogP contribution < -0.4 is 10.6 Å². The normalized spacial score (nSPS) is 10.2. The molecule has 0 aliphatic carbocycles. The molecule has 2 aromatic rings. The van der Waals surface area contributed by atoms with Gasteiger partial charge in [-0.3, -0.25) is 4.79 Å². The van der Waals surface area contributed by atoms with Gasteiger partial charge >= 0.3 is 0 Å². The summed E-state index contributed by atoms with van der Waals surface area (Å²) in [6.45, 7) is 4.30. The van der Waals surface area contributed by atoms with Crippen LogP contribution in [0.15, 0.2) is 42.5 Å². The van der Waals surface area contributed by atoms with Crippen LogP contribution in [-0.2, 0) is 4.79 Å². The molecule has 0 heterocycles. The van der Waals surface area contributed by atoms with Gasteiger partial charge in [0.05, 0.1) is 6.54 Å². The van der Waals surface area contributed by atoms with Crippen molar-refractivity contribution in [3.63, 3.8) is 0 Å². The molecule has 2 rings (SSSR count). The zero-order valence-electron chi connectivity index (χ0n) is 11.5. The van der Waals surface area contributed by atoms with E-state index >= 15 is 0 Å². The molecule has 0 aliphatic heterocycles. The third-order valence-corrected chi connectivity index (χ3v) is 3.05. The summed E-state index contributed by atoms with van der Waals surface area (Å²) in [5.41, 5.74) is 4.03. The van der Waals surface area contributed by atoms with Crippen LogP contribution >= 0.6 is 11.6 Å². The van der Waals surface area contributed by atoms with Gasteiger partial charge in [0.15, 0.2) is 0 Å². The minimum absolute atomic E-state index is 0.0912. The summed E-state index contributed by atoms with van der Waals surface area (Å²) in [5.74, 6) is -0.0912. The third kappa shape index (κ3) is 4.28. The van der Waals surface area contributed by atoms with E-state index in [2.05, 4.69) is 16.7 Å². The molecule has 0 spiro atoms. The number of amides is 1. The largest absolute Gasteiger partial charge is 0.376 e. The fourth-order valence-corrected chi connectivity index (χ4v) is 2.12. The van der Waals surface area contributed by atoms with E-state index < -0.39 is 0 Å². The van der Waals surface area contributed by atoms with Gasteiger partial charge in [-0.05, 0) is 61.4 Å². The number of hydrogen-bond donors (Lipinski definition) is 2. The van der Waals surface area contributed by atoms with E-state index in [0.717, 1.165) is 11.4 Å². The minimum atomic E-state index is -0.0912. The van der Waals surface area contributed by atoms with E-state index in [4.69, 9.17) is 11.6 Å². The van der Waals surface area contributed by atoms with E-state index in [1.54, 1.807) is 24.3 Å². The molecule has 3 nitrogen and oxygen atoms in total. The Morgan fingerprint density at radius 2 is 1.60 bits per heavy atom. The second kappa shape index (κ2) is 6.44. The first kappa shape index (κ1) is 14.4. The van der Waals surface area contributed by atoms with Gasteiger partial charge in [-0.25, -0.2) is 0 Å². The average Bonchev–Trinajstić information content (AvgIpc) is 2.38. The van der Waals surface area contributed by atoms with Gasteiger partial charge in [-0.2, -0.15) is 0 Å². The lowest BCUT2D eigenvalue weighted by atomic mass is 10.1. The monoisotopic (exact) mass is 288 g/mol. The Hall–Kier alpha value is -2.00. The van der Waals surface area contributed by atoms with E-state index in [9.17, 15) is 4.79 Å². The van der Waals surface area contributed by atoms with Gasteiger partial charge in [0.25, 0.3) is 0 Å². The summed E-state index contributed by atoms with van der Waals surface area (Å²) < 4.78 is 0. The van der Waals surface area contributed by atoms with Gasteiger partial charge in [0.1, 0.15) is 0 Å². The van der Waals surface area contributed by atoms with Crippen molar-refractivity contribution >= 4 is 28.9 Å². The number of carbonyl (C=O) groups is 1. The molecular formula is C16H17ClN2O. The molecule has 104 valence electrons. The molecule has 0 aromatic heterocycles. The van der Waals surface area contributed by atoms with Crippen LogP contribution in [0.3, 0.4) is 0 Å². The highest BCUT2D eigenvalue weighted by Crippen LogP contribution is 2.15. The molecule has 0 atom stereocenters. The summed E-state index contributed by atoms with van der Waals surface area (Å²) >= 11 is 5.79. The van der Waals surface area contributed by atoms with E-state index in [1.165, 1.54) is 11.1 Å². The van der Waals surface area contributed by atoms with Crippen LogP contribution in [0.2, 0.25) is 5.02 Å². The Balaban J connectivity index is 1.90. The van der Waals surface area contributed by atoms with Crippen LogP contribution in [0.5, 0.6) is 0 Å². The summed E-state index contributed by atoms with van der Waals surface area (Å²) in [5, 5.41) is 6.58. The predicted octanol–water partition coefficient (Wildman–Crippen LogP) is 4.01. The first-order valence-electron chi connectivity index (χ1n) is 6.40. The van der Waals surface area contributed by atoms with Crippen molar-refractivity contribution in [1.29, 1.82) is 0 Å². The van der Waals surface area contributed by atoms with Crippen molar-refractivity contribution in [2.24, 2.45) is 0 Å². The molecule has 0 radical (unpaired) electrons. The summed E-state index contributed by atoms with van der Waals surface area (Å²) in [7, 11) is 0. The Kier molecular flexibility index (Phi) is 4.64. The van der Waals surface area contributed by atoms with Crippen LogP contribution in [0.1, 0.15) is 11.1 Å². The van der Waals surface area contributed by atoms with Crippen LogP contribution in [0, 0.1) is 13.8 Å². The van der Waals surface area contributed by atoms with Crippen molar-refractivity contribution < 1.29 is 4.79 Å². The van der Waals surface area contributed by atoms with Crippen molar-refractivity contribution in [2.45, 2.75) is 13.8 Å². The number of benzene rings is 2. The molecule has 0 unspecified atom stereocenters. The predicted molar refractivity (Wildman–Crippen MR) is 84.5 cm³/mol. The Morgan fingerprint density at radius 1 is 1.00 bits per heavy atom. The van der Waals surface area contributed by atoms with Crippen molar-refractivity contribution in [3.05, 3.63) is 58.6 Å². The summed E-state index contributed by atoms with van der Waals surface area (Å²) in [4.78, 5) is 11.8. The van der Waals surface area contributed by atoms with Crippen LogP contribution in [0.25, 0.3) is 0 Å². The highest BCUT2D eigenvalue weighted by atomic mass is 35.5. The summed E-state index contributed by atoms with van der Waals surface area (Å²) in [6, 6.07) is 13.2. The fraction of sp³-hybridized carbons (Fsp3) is 0.188. The summed E-state index contributed by atoms with van der Waals surface area (Å²) in [6.07, 6.45) is 0. The number of aryl methyl sites for hydroxylation is 2. The molecule has 2 aromatic carbocycles. The number of rotatable bonds is 4. The second-order valence-corrected chi connectivity index (χ2v) is 5.22. The molecule has 4 heteroatoms. The number of hydrogen-bond acceptors (Lipinski definition) is 2. The molecule has 1 amide bonds. The van der Waals surface area contributed by atoms with Gasteiger partial charge in [0, 0.05) is 16.4 Å². The molecule has 2 N–H and O–H groups in total. The second-order valence-electron chi connectivity index (χ2n) is 4.79. The van der Waals surface area contributed by atoms with Crippen molar-refractivity contribution in [1.82, 2.24) is 0 Å². The fourth-order valence-electron chi connectivity index (χ4n) is 2.00. The van der Waals surface area contributed by atoms with Gasteiger partial charge in [-0.1, -0.05) is 17.7 Å². The lowest BCUT2D eigenvalue weighted by Crippen LogP contribution is -2.21. The molecule has 0 bridgehead atoms. The zero-order valence-corrected chi connectivity index (χ0v) is 12.3. The maximum atomic E-state index is 11.8. The Labute approximate surface area is 124 Å². The molecular weight excluding hydrogens is 272 g/mol. The molecule has 0 fully saturated rings. The SMILES string of the molecule is Cc1cc(C)cc(NCC(=O)Nc2ccc(Cl)cc2)c1. The maximum absolute atomic E-state index is 11.8. The van der Waals surface area contributed by atoms with Gasteiger partial charge in [-0.15, -0.1) is 0 Å². The quantitative estimate of drug-likeness (QED) is 0.892.